The predicted molar refractivity (Wildman–Crippen MR) is 194 cm³/mol. The molecule has 2 amide bonds. The first kappa shape index (κ1) is 32.5. The molecular formula is C41H40N4O6. The van der Waals surface area contributed by atoms with Crippen LogP contribution < -0.4 is 29.0 Å². The molecule has 4 aromatic carbocycles. The molecule has 4 aliphatic rings. The van der Waals surface area contributed by atoms with Crippen molar-refractivity contribution in [2.24, 2.45) is 0 Å². The smallest absolute Gasteiger partial charge is 0.322 e. The van der Waals surface area contributed by atoms with Gasteiger partial charge in [-0.05, 0) is 116 Å². The first-order valence-electron chi connectivity index (χ1n) is 17.2. The van der Waals surface area contributed by atoms with Crippen molar-refractivity contribution in [2.75, 3.05) is 46.7 Å². The molecule has 0 spiro atoms. The number of fused-ring (bicyclic) bond motifs is 2. The number of anilines is 1. The highest BCUT2D eigenvalue weighted by Crippen LogP contribution is 2.54. The van der Waals surface area contributed by atoms with Crippen LogP contribution in [0, 0.1) is 0 Å². The van der Waals surface area contributed by atoms with Crippen LogP contribution in [0.5, 0.6) is 46.0 Å². The van der Waals surface area contributed by atoms with Crippen LogP contribution in [0.3, 0.4) is 0 Å². The molecule has 9 rings (SSSR count). The van der Waals surface area contributed by atoms with Gasteiger partial charge in [-0.3, -0.25) is 4.98 Å². The Hall–Kier alpha value is -5.74. The van der Waals surface area contributed by atoms with E-state index in [1.54, 1.807) is 32.7 Å². The SMILES string of the molecule is COc1ccc2cc1Oc1ccc(cc1)Cc1c(CCN(C)C)cc(OC)c3c1Oc1cc4c(cc1O3)CCN(C(=O)Nc1cccnc1)C4C2. The molecule has 0 radical (unpaired) electrons. The minimum atomic E-state index is -0.322. The van der Waals surface area contributed by atoms with Gasteiger partial charge in [0.1, 0.15) is 5.75 Å². The normalized spacial score (nSPS) is 15.4. The number of carbonyl (C=O) groups is 1. The van der Waals surface area contributed by atoms with Crippen LogP contribution in [0.4, 0.5) is 10.5 Å². The Morgan fingerprint density at radius 1 is 0.902 bits per heavy atom. The Kier molecular flexibility index (Phi) is 8.61. The number of nitrogens with one attached hydrogen (secondary N) is 1. The monoisotopic (exact) mass is 684 g/mol. The number of aromatic nitrogens is 1. The number of methoxy groups -OCH3 is 2. The number of rotatable bonds is 6. The van der Waals surface area contributed by atoms with Gasteiger partial charge in [0.2, 0.25) is 5.75 Å². The number of urea groups is 1. The molecule has 0 aliphatic carbocycles. The number of hydrogen-bond donors (Lipinski definition) is 1. The molecule has 1 N–H and O–H groups in total. The minimum Gasteiger partial charge on any atom is -0.493 e. The van der Waals surface area contributed by atoms with Crippen molar-refractivity contribution in [3.8, 4) is 46.0 Å². The molecule has 260 valence electrons. The second-order valence-corrected chi connectivity index (χ2v) is 13.4. The summed E-state index contributed by atoms with van der Waals surface area (Å²) < 4.78 is 31.7. The zero-order chi connectivity index (χ0) is 35.1. The van der Waals surface area contributed by atoms with E-state index in [9.17, 15) is 4.79 Å². The van der Waals surface area contributed by atoms with Crippen molar-refractivity contribution in [1.82, 2.24) is 14.8 Å². The summed E-state index contributed by atoms with van der Waals surface area (Å²) in [6.07, 6.45) is 5.91. The predicted octanol–water partition coefficient (Wildman–Crippen LogP) is 8.17. The van der Waals surface area contributed by atoms with Gasteiger partial charge in [0.25, 0.3) is 0 Å². The zero-order valence-electron chi connectivity index (χ0n) is 29.2. The molecule has 7 bridgehead atoms. The molecule has 10 heteroatoms. The summed E-state index contributed by atoms with van der Waals surface area (Å²) in [6, 6.07) is 23.4. The highest BCUT2D eigenvalue weighted by molar-refractivity contribution is 5.89. The van der Waals surface area contributed by atoms with E-state index in [1.807, 2.05) is 41.3 Å². The van der Waals surface area contributed by atoms with Gasteiger partial charge in [-0.1, -0.05) is 18.2 Å². The van der Waals surface area contributed by atoms with Gasteiger partial charge in [0.05, 0.1) is 32.1 Å². The summed E-state index contributed by atoms with van der Waals surface area (Å²) in [6.45, 7) is 1.36. The summed E-state index contributed by atoms with van der Waals surface area (Å²) in [5.41, 5.74) is 6.98. The fourth-order valence-electron chi connectivity index (χ4n) is 7.16. The quantitative estimate of drug-likeness (QED) is 0.188. The van der Waals surface area contributed by atoms with Crippen molar-refractivity contribution in [2.45, 2.75) is 31.7 Å². The molecule has 1 unspecified atom stereocenters. The molecule has 5 aromatic rings. The Morgan fingerprint density at radius 3 is 2.45 bits per heavy atom. The lowest BCUT2D eigenvalue weighted by Gasteiger charge is -2.38. The zero-order valence-corrected chi connectivity index (χ0v) is 29.2. The van der Waals surface area contributed by atoms with Gasteiger partial charge < -0.3 is 38.8 Å². The summed E-state index contributed by atoms with van der Waals surface area (Å²) >= 11 is 0. The summed E-state index contributed by atoms with van der Waals surface area (Å²) in [7, 11) is 7.44. The lowest BCUT2D eigenvalue weighted by molar-refractivity contribution is 0.181. The van der Waals surface area contributed by atoms with Crippen LogP contribution in [0.2, 0.25) is 0 Å². The summed E-state index contributed by atoms with van der Waals surface area (Å²) in [5.74, 6) is 5.00. The molecule has 0 saturated carbocycles. The second-order valence-electron chi connectivity index (χ2n) is 13.4. The van der Waals surface area contributed by atoms with Crippen molar-refractivity contribution >= 4 is 11.7 Å². The number of carbonyl (C=O) groups excluding carboxylic acids is 1. The maximum Gasteiger partial charge on any atom is 0.322 e. The fraction of sp³-hybridized carbons (Fsp3) is 0.268. The van der Waals surface area contributed by atoms with Crippen LogP contribution in [-0.4, -0.2) is 62.2 Å². The van der Waals surface area contributed by atoms with E-state index >= 15 is 0 Å². The van der Waals surface area contributed by atoms with E-state index in [-0.39, 0.29) is 12.1 Å². The summed E-state index contributed by atoms with van der Waals surface area (Å²) in [4.78, 5) is 22.2. The van der Waals surface area contributed by atoms with Crippen LogP contribution in [0.25, 0.3) is 0 Å². The third kappa shape index (κ3) is 6.39. The van der Waals surface area contributed by atoms with Crippen molar-refractivity contribution < 1.29 is 28.5 Å². The van der Waals surface area contributed by atoms with Crippen molar-refractivity contribution in [3.63, 3.8) is 0 Å². The number of nitrogens with zero attached hydrogens (tertiary/aromatic N) is 3. The average Bonchev–Trinajstić information content (AvgIpc) is 3.14. The molecule has 51 heavy (non-hydrogen) atoms. The number of pyridine rings is 1. The fourth-order valence-corrected chi connectivity index (χ4v) is 7.16. The second kappa shape index (κ2) is 13.5. The molecule has 5 heterocycles. The number of benzene rings is 4. The van der Waals surface area contributed by atoms with Gasteiger partial charge in [0, 0.05) is 31.3 Å². The topological polar surface area (TPSA) is 94.6 Å². The standard InChI is InChI=1S/C41H40N4O6/c1-44(2)16-13-28-22-38(48-4)40-39-32(28)18-25-7-10-30(11-8-25)49-35-20-26(9-12-34(35)47-3)19-33-31-23-37(50-39)36(51-40)21-27(31)14-17-45(33)41(46)43-29-6-5-15-42-24-29/h5-12,15,20-24,33H,13-14,16-19H2,1-4H3,(H,43,46). The molecule has 0 saturated heterocycles. The van der Waals surface area contributed by atoms with Crippen molar-refractivity contribution in [3.05, 3.63) is 119 Å². The van der Waals surface area contributed by atoms with Gasteiger partial charge in [-0.15, -0.1) is 0 Å². The van der Waals surface area contributed by atoms with Gasteiger partial charge in [0.15, 0.2) is 34.5 Å². The van der Waals surface area contributed by atoms with Gasteiger partial charge in [-0.2, -0.15) is 0 Å². The molecule has 4 aliphatic heterocycles. The molecular weight excluding hydrogens is 644 g/mol. The third-order valence-corrected chi connectivity index (χ3v) is 9.80. The van der Waals surface area contributed by atoms with Crippen LogP contribution in [0.1, 0.15) is 39.4 Å². The number of amides is 2. The Labute approximate surface area is 297 Å². The van der Waals surface area contributed by atoms with Gasteiger partial charge >= 0.3 is 6.03 Å². The first-order valence-corrected chi connectivity index (χ1v) is 17.2. The largest absolute Gasteiger partial charge is 0.493 e. The van der Waals surface area contributed by atoms with E-state index in [0.29, 0.717) is 77.5 Å². The third-order valence-electron chi connectivity index (χ3n) is 9.80. The van der Waals surface area contributed by atoms with Crippen LogP contribution in [-0.2, 0) is 25.7 Å². The van der Waals surface area contributed by atoms with E-state index in [4.69, 9.17) is 23.7 Å². The molecule has 1 aromatic heterocycles. The van der Waals surface area contributed by atoms with E-state index < -0.39 is 0 Å². The average molecular weight is 685 g/mol. The van der Waals surface area contributed by atoms with Crippen molar-refractivity contribution in [1.29, 1.82) is 0 Å². The Balaban J connectivity index is 1.29. The highest BCUT2D eigenvalue weighted by atomic mass is 16.6. The maximum absolute atomic E-state index is 14.0. The van der Waals surface area contributed by atoms with E-state index in [2.05, 4.69) is 59.6 Å². The maximum atomic E-state index is 14.0. The van der Waals surface area contributed by atoms with E-state index in [0.717, 1.165) is 46.3 Å². The molecule has 0 fully saturated rings. The summed E-state index contributed by atoms with van der Waals surface area (Å²) in [5, 5.41) is 3.06. The van der Waals surface area contributed by atoms with E-state index in [1.165, 1.54) is 0 Å². The number of hydrogen-bond acceptors (Lipinski definition) is 8. The lowest BCUT2D eigenvalue weighted by Crippen LogP contribution is -2.43. The van der Waals surface area contributed by atoms with Gasteiger partial charge in [-0.25, -0.2) is 4.79 Å². The van der Waals surface area contributed by atoms with Crippen LogP contribution >= 0.6 is 0 Å². The molecule has 1 atom stereocenters. The molecule has 10 nitrogen and oxygen atoms in total. The Morgan fingerprint density at radius 2 is 1.69 bits per heavy atom. The number of likely N-dealkylation sites (N-methyl/N-ethyl adjacent to an activating group) is 1. The lowest BCUT2D eigenvalue weighted by atomic mass is 9.88. The highest BCUT2D eigenvalue weighted by Gasteiger charge is 2.35. The minimum absolute atomic E-state index is 0.202. The Bertz CT molecular complexity index is 2100. The number of ether oxygens (including phenoxy) is 5. The first-order chi connectivity index (χ1) is 24.9. The van der Waals surface area contributed by atoms with Crippen LogP contribution in [0.15, 0.2) is 85.2 Å².